The van der Waals surface area contributed by atoms with E-state index < -0.39 is 29.6 Å². The summed E-state index contributed by atoms with van der Waals surface area (Å²) in [7, 11) is 0. The van der Waals surface area contributed by atoms with Crippen LogP contribution in [0.2, 0.25) is 0 Å². The van der Waals surface area contributed by atoms with Crippen LogP contribution in [0.1, 0.15) is 56.4 Å². The number of carbonyl (C=O) groups excluding carboxylic acids is 1. The van der Waals surface area contributed by atoms with Crippen molar-refractivity contribution in [3.8, 4) is 0 Å². The number of aromatic nitrogens is 2. The van der Waals surface area contributed by atoms with Crippen LogP contribution in [0.3, 0.4) is 0 Å². The zero-order chi connectivity index (χ0) is 21.0. The van der Waals surface area contributed by atoms with E-state index in [1.54, 1.807) is 27.0 Å². The number of hydrogen-bond donors (Lipinski definition) is 2. The van der Waals surface area contributed by atoms with Gasteiger partial charge in [0.25, 0.3) is 5.92 Å². The lowest BCUT2D eigenvalue weighted by Crippen LogP contribution is -2.47. The number of likely N-dealkylation sites (tertiary alicyclic amines) is 1. The van der Waals surface area contributed by atoms with E-state index in [0.717, 1.165) is 22.9 Å². The first-order valence-electron chi connectivity index (χ1n) is 10.1. The van der Waals surface area contributed by atoms with Crippen molar-refractivity contribution in [3.05, 3.63) is 29.0 Å². The summed E-state index contributed by atoms with van der Waals surface area (Å²) >= 11 is 0. The minimum absolute atomic E-state index is 0.116. The number of aryl methyl sites for hydroxylation is 1. The van der Waals surface area contributed by atoms with E-state index in [0.29, 0.717) is 11.9 Å². The van der Waals surface area contributed by atoms with Crippen LogP contribution < -0.4 is 0 Å². The van der Waals surface area contributed by atoms with E-state index >= 15 is 8.78 Å². The normalized spacial score (nSPS) is 19.0. The molecular formula is C21H27F2N3O3. The minimum Gasteiger partial charge on any atom is -0.444 e. The molecule has 1 saturated heterocycles. The van der Waals surface area contributed by atoms with E-state index in [4.69, 9.17) is 4.74 Å². The average Bonchev–Trinajstić information content (AvgIpc) is 3.09. The number of carbonyl (C=O) groups is 1. The van der Waals surface area contributed by atoms with Crippen LogP contribution >= 0.6 is 0 Å². The van der Waals surface area contributed by atoms with Crippen molar-refractivity contribution in [1.29, 1.82) is 0 Å². The van der Waals surface area contributed by atoms with E-state index in [9.17, 15) is 9.90 Å². The van der Waals surface area contributed by atoms with Gasteiger partial charge in [-0.2, -0.15) is 5.10 Å². The van der Waals surface area contributed by atoms with Gasteiger partial charge in [0.2, 0.25) is 0 Å². The quantitative estimate of drug-likeness (QED) is 0.807. The van der Waals surface area contributed by atoms with Crippen molar-refractivity contribution in [2.45, 2.75) is 64.1 Å². The van der Waals surface area contributed by atoms with E-state index in [1.807, 2.05) is 6.07 Å². The Morgan fingerprint density at radius 1 is 1.31 bits per heavy atom. The summed E-state index contributed by atoms with van der Waals surface area (Å²) in [5.74, 6) is -4.31. The SMILES string of the molecule is CC(C)(C)OC(=O)N1CCC(C(F)(F)[C@@H](O)c2c3c(cc4cn[nH]c24)CC3)CC1. The van der Waals surface area contributed by atoms with Gasteiger partial charge in [0.1, 0.15) is 11.7 Å². The number of alkyl halides is 2. The number of aliphatic hydroxyl groups is 1. The standard InChI is InChI=1S/C21H27F2N3O3/c1-20(2,3)29-19(28)26-8-6-14(7-9-26)21(22,23)18(27)16-15-5-4-12(15)10-13-11-24-25-17(13)16/h10-11,14,18,27H,4-9H2,1-3H3,(H,24,25)/t18-/m0/s1. The Bertz CT molecular complexity index is 927. The maximum atomic E-state index is 15.3. The largest absolute Gasteiger partial charge is 0.444 e. The summed E-state index contributed by atoms with van der Waals surface area (Å²) < 4.78 is 36.0. The van der Waals surface area contributed by atoms with Gasteiger partial charge in [0.15, 0.2) is 0 Å². The molecule has 2 heterocycles. The second-order valence-electron chi connectivity index (χ2n) is 9.08. The summed E-state index contributed by atoms with van der Waals surface area (Å²) in [6.07, 6.45) is 0.957. The number of ether oxygens (including phenoxy) is 1. The van der Waals surface area contributed by atoms with Gasteiger partial charge in [-0.25, -0.2) is 13.6 Å². The van der Waals surface area contributed by atoms with Gasteiger partial charge in [-0.05, 0) is 63.6 Å². The Balaban J connectivity index is 1.51. The first-order valence-corrected chi connectivity index (χ1v) is 10.1. The molecule has 1 aromatic carbocycles. The van der Waals surface area contributed by atoms with Gasteiger partial charge in [-0.15, -0.1) is 0 Å². The molecule has 0 saturated carbocycles. The van der Waals surface area contributed by atoms with Gasteiger partial charge >= 0.3 is 6.09 Å². The van der Waals surface area contributed by atoms with E-state index in [-0.39, 0.29) is 31.5 Å². The van der Waals surface area contributed by atoms with Crippen molar-refractivity contribution in [2.75, 3.05) is 13.1 Å². The molecule has 1 amide bonds. The summed E-state index contributed by atoms with van der Waals surface area (Å²) in [6.45, 7) is 5.69. The molecule has 1 fully saturated rings. The Labute approximate surface area is 168 Å². The maximum absolute atomic E-state index is 15.3. The molecule has 1 aliphatic heterocycles. The highest BCUT2D eigenvalue weighted by molar-refractivity contribution is 5.85. The van der Waals surface area contributed by atoms with Crippen LogP contribution in [0.25, 0.3) is 10.9 Å². The molecule has 0 unspecified atom stereocenters. The number of H-pyrrole nitrogens is 1. The topological polar surface area (TPSA) is 78.4 Å². The molecule has 29 heavy (non-hydrogen) atoms. The van der Waals surface area contributed by atoms with Crippen molar-refractivity contribution < 1.29 is 23.4 Å². The van der Waals surface area contributed by atoms with Gasteiger partial charge < -0.3 is 14.7 Å². The van der Waals surface area contributed by atoms with Gasteiger partial charge in [0, 0.05) is 30.0 Å². The molecule has 2 aliphatic rings. The fourth-order valence-electron chi connectivity index (χ4n) is 4.31. The Morgan fingerprint density at radius 3 is 2.59 bits per heavy atom. The second kappa shape index (κ2) is 6.93. The number of fused-ring (bicyclic) bond motifs is 2. The van der Waals surface area contributed by atoms with Crippen LogP contribution in [0.5, 0.6) is 0 Å². The average molecular weight is 407 g/mol. The fourth-order valence-corrected chi connectivity index (χ4v) is 4.31. The molecule has 2 N–H and O–H groups in total. The number of hydrogen-bond acceptors (Lipinski definition) is 4. The number of aromatic amines is 1. The first kappa shape index (κ1) is 20.1. The number of nitrogens with one attached hydrogen (secondary N) is 1. The zero-order valence-electron chi connectivity index (χ0n) is 17.0. The van der Waals surface area contributed by atoms with E-state index in [2.05, 4.69) is 10.2 Å². The summed E-state index contributed by atoms with van der Waals surface area (Å²) in [4.78, 5) is 13.7. The molecule has 0 spiro atoms. The molecule has 6 nitrogen and oxygen atoms in total. The number of benzene rings is 1. The molecule has 0 radical (unpaired) electrons. The molecule has 4 rings (SSSR count). The number of aliphatic hydroxyl groups excluding tert-OH is 1. The molecule has 1 aliphatic carbocycles. The lowest BCUT2D eigenvalue weighted by molar-refractivity contribution is -0.160. The summed E-state index contributed by atoms with van der Waals surface area (Å²) in [5.41, 5.74) is 1.95. The van der Waals surface area contributed by atoms with Crippen LogP contribution in [0.4, 0.5) is 13.6 Å². The molecule has 2 aromatic rings. The highest BCUT2D eigenvalue weighted by Gasteiger charge is 2.50. The number of rotatable bonds is 3. The maximum Gasteiger partial charge on any atom is 0.410 e. The van der Waals surface area contributed by atoms with E-state index in [1.165, 1.54) is 4.90 Å². The van der Waals surface area contributed by atoms with Gasteiger partial charge in [0.05, 0.1) is 11.7 Å². The lowest BCUT2D eigenvalue weighted by atomic mass is 9.78. The number of piperidine rings is 1. The number of halogens is 2. The van der Waals surface area contributed by atoms with Crippen LogP contribution in [0.15, 0.2) is 12.3 Å². The zero-order valence-corrected chi connectivity index (χ0v) is 17.0. The van der Waals surface area contributed by atoms with Crippen molar-refractivity contribution in [3.63, 3.8) is 0 Å². The van der Waals surface area contributed by atoms with Crippen LogP contribution in [-0.4, -0.2) is 50.9 Å². The third kappa shape index (κ3) is 3.58. The smallest absolute Gasteiger partial charge is 0.410 e. The number of nitrogens with zero attached hydrogens (tertiary/aromatic N) is 2. The van der Waals surface area contributed by atoms with Crippen molar-refractivity contribution in [1.82, 2.24) is 15.1 Å². The highest BCUT2D eigenvalue weighted by Crippen LogP contribution is 2.47. The molecule has 1 aromatic heterocycles. The molecule has 0 bridgehead atoms. The van der Waals surface area contributed by atoms with Crippen molar-refractivity contribution >= 4 is 17.0 Å². The monoisotopic (exact) mass is 407 g/mol. The predicted molar refractivity (Wildman–Crippen MR) is 104 cm³/mol. The third-order valence-corrected chi connectivity index (χ3v) is 5.95. The Kier molecular flexibility index (Phi) is 4.80. The minimum atomic E-state index is -3.30. The molecular weight excluding hydrogens is 380 g/mol. The Morgan fingerprint density at radius 2 is 2.00 bits per heavy atom. The summed E-state index contributed by atoms with van der Waals surface area (Å²) in [5, 5.41) is 18.3. The first-order chi connectivity index (χ1) is 13.6. The lowest BCUT2D eigenvalue weighted by Gasteiger charge is -2.39. The molecule has 8 heteroatoms. The van der Waals surface area contributed by atoms with Crippen LogP contribution in [0, 0.1) is 5.92 Å². The fraction of sp³-hybridized carbons (Fsp3) is 0.619. The van der Waals surface area contributed by atoms with Gasteiger partial charge in [-0.3, -0.25) is 5.10 Å². The van der Waals surface area contributed by atoms with Crippen LogP contribution in [-0.2, 0) is 17.6 Å². The third-order valence-electron chi connectivity index (χ3n) is 5.95. The predicted octanol–water partition coefficient (Wildman–Crippen LogP) is 3.98. The second-order valence-corrected chi connectivity index (χ2v) is 9.08. The molecule has 158 valence electrons. The Hall–Kier alpha value is -2.22. The van der Waals surface area contributed by atoms with Gasteiger partial charge in [-0.1, -0.05) is 0 Å². The van der Waals surface area contributed by atoms with Crippen molar-refractivity contribution in [2.24, 2.45) is 5.92 Å². The highest BCUT2D eigenvalue weighted by atomic mass is 19.3. The number of amides is 1. The molecule has 1 atom stereocenters. The summed E-state index contributed by atoms with van der Waals surface area (Å²) in [6, 6.07) is 1.95.